The Morgan fingerprint density at radius 3 is 2.73 bits per heavy atom. The van der Waals surface area contributed by atoms with Crippen molar-refractivity contribution in [3.8, 4) is 0 Å². The molecule has 0 saturated heterocycles. The van der Waals surface area contributed by atoms with Gasteiger partial charge in [-0.05, 0) is 30.9 Å². The van der Waals surface area contributed by atoms with Crippen LogP contribution in [0.15, 0.2) is 18.3 Å². The number of pyridine rings is 1. The second-order valence-corrected chi connectivity index (χ2v) is 4.29. The third kappa shape index (κ3) is 2.34. The van der Waals surface area contributed by atoms with Crippen LogP contribution in [0, 0.1) is 11.7 Å². The molecule has 1 fully saturated rings. The zero-order valence-corrected chi connectivity index (χ0v) is 8.82. The molecule has 3 heteroatoms. The highest BCUT2D eigenvalue weighted by molar-refractivity contribution is 5.12. The molecular weight excluding hydrogens is 191 g/mol. The van der Waals surface area contributed by atoms with Crippen molar-refractivity contribution in [2.45, 2.75) is 38.1 Å². The maximum atomic E-state index is 13.5. The van der Waals surface area contributed by atoms with Gasteiger partial charge >= 0.3 is 0 Å². The summed E-state index contributed by atoms with van der Waals surface area (Å²) in [4.78, 5) is 4.05. The normalized spacial score (nSPS) is 20.1. The lowest BCUT2D eigenvalue weighted by molar-refractivity contribution is 0.299. The summed E-state index contributed by atoms with van der Waals surface area (Å²) in [6.45, 7) is 0. The standard InChI is InChI=1S/C12H17FN2/c13-10-7-4-8-15-12(10)11(14)9-5-2-1-3-6-9/h4,7-9,11H,1-3,5-6,14H2. The van der Waals surface area contributed by atoms with Crippen molar-refractivity contribution in [3.63, 3.8) is 0 Å². The Morgan fingerprint density at radius 2 is 2.07 bits per heavy atom. The van der Waals surface area contributed by atoms with E-state index in [4.69, 9.17) is 5.73 Å². The molecule has 15 heavy (non-hydrogen) atoms. The molecule has 1 aliphatic rings. The van der Waals surface area contributed by atoms with E-state index in [0.717, 1.165) is 12.8 Å². The highest BCUT2D eigenvalue weighted by Gasteiger charge is 2.24. The lowest BCUT2D eigenvalue weighted by atomic mass is 9.83. The van der Waals surface area contributed by atoms with Gasteiger partial charge in [0.1, 0.15) is 5.82 Å². The van der Waals surface area contributed by atoms with Gasteiger partial charge in [-0.2, -0.15) is 0 Å². The van der Waals surface area contributed by atoms with Crippen molar-refractivity contribution in [3.05, 3.63) is 29.8 Å². The molecule has 2 N–H and O–H groups in total. The summed E-state index contributed by atoms with van der Waals surface area (Å²) >= 11 is 0. The summed E-state index contributed by atoms with van der Waals surface area (Å²) < 4.78 is 13.5. The molecule has 1 aromatic heterocycles. The number of nitrogens with two attached hydrogens (primary N) is 1. The van der Waals surface area contributed by atoms with Gasteiger partial charge in [-0.25, -0.2) is 4.39 Å². The predicted molar refractivity (Wildman–Crippen MR) is 57.7 cm³/mol. The van der Waals surface area contributed by atoms with Crippen molar-refractivity contribution in [2.24, 2.45) is 11.7 Å². The fourth-order valence-corrected chi connectivity index (χ4v) is 2.36. The van der Waals surface area contributed by atoms with E-state index in [-0.39, 0.29) is 11.9 Å². The van der Waals surface area contributed by atoms with Crippen LogP contribution in [0.1, 0.15) is 43.8 Å². The summed E-state index contributed by atoms with van der Waals surface area (Å²) in [6, 6.07) is 2.81. The molecule has 1 saturated carbocycles. The first kappa shape index (κ1) is 10.6. The molecule has 0 aromatic carbocycles. The predicted octanol–water partition coefficient (Wildman–Crippen LogP) is 2.80. The van der Waals surface area contributed by atoms with Crippen LogP contribution >= 0.6 is 0 Å². The Labute approximate surface area is 89.7 Å². The van der Waals surface area contributed by atoms with Crippen molar-refractivity contribution >= 4 is 0 Å². The second-order valence-electron chi connectivity index (χ2n) is 4.29. The first-order chi connectivity index (χ1) is 7.29. The fraction of sp³-hybridized carbons (Fsp3) is 0.583. The van der Waals surface area contributed by atoms with Crippen LogP contribution < -0.4 is 5.73 Å². The van der Waals surface area contributed by atoms with Crippen LogP contribution in [-0.4, -0.2) is 4.98 Å². The molecule has 1 aromatic rings. The first-order valence-electron chi connectivity index (χ1n) is 5.65. The Bertz CT molecular complexity index is 321. The van der Waals surface area contributed by atoms with Gasteiger partial charge in [-0.3, -0.25) is 4.98 Å². The van der Waals surface area contributed by atoms with Gasteiger partial charge in [0.05, 0.1) is 11.7 Å². The average Bonchev–Trinajstić information content (AvgIpc) is 2.30. The Kier molecular flexibility index (Phi) is 3.31. The van der Waals surface area contributed by atoms with Crippen LogP contribution in [0.25, 0.3) is 0 Å². The van der Waals surface area contributed by atoms with E-state index in [1.165, 1.54) is 25.3 Å². The van der Waals surface area contributed by atoms with E-state index in [2.05, 4.69) is 4.98 Å². The fourth-order valence-electron chi connectivity index (χ4n) is 2.36. The summed E-state index contributed by atoms with van der Waals surface area (Å²) in [5.74, 6) is 0.138. The average molecular weight is 208 g/mol. The van der Waals surface area contributed by atoms with Crippen LogP contribution in [0.5, 0.6) is 0 Å². The third-order valence-electron chi connectivity index (χ3n) is 3.26. The molecule has 1 aliphatic carbocycles. The number of hydrogen-bond acceptors (Lipinski definition) is 2. The molecule has 0 bridgehead atoms. The van der Waals surface area contributed by atoms with Crippen molar-refractivity contribution < 1.29 is 4.39 Å². The van der Waals surface area contributed by atoms with Crippen LogP contribution in [0.4, 0.5) is 4.39 Å². The Hall–Kier alpha value is -0.960. The van der Waals surface area contributed by atoms with Crippen molar-refractivity contribution in [2.75, 3.05) is 0 Å². The number of halogens is 1. The van der Waals surface area contributed by atoms with Gasteiger partial charge in [0, 0.05) is 6.20 Å². The summed E-state index contributed by atoms with van der Waals surface area (Å²) in [6.07, 6.45) is 7.54. The summed E-state index contributed by atoms with van der Waals surface area (Å²) in [5, 5.41) is 0. The summed E-state index contributed by atoms with van der Waals surface area (Å²) in [5.41, 5.74) is 6.50. The smallest absolute Gasteiger partial charge is 0.146 e. The maximum Gasteiger partial charge on any atom is 0.146 e. The van der Waals surface area contributed by atoms with Crippen LogP contribution in [0.3, 0.4) is 0 Å². The zero-order chi connectivity index (χ0) is 10.7. The van der Waals surface area contributed by atoms with Gasteiger partial charge in [-0.1, -0.05) is 19.3 Å². The number of rotatable bonds is 2. The van der Waals surface area contributed by atoms with Gasteiger partial charge in [0.15, 0.2) is 0 Å². The largest absolute Gasteiger partial charge is 0.322 e. The van der Waals surface area contributed by atoms with Crippen molar-refractivity contribution in [1.29, 1.82) is 0 Å². The molecule has 1 atom stereocenters. The van der Waals surface area contributed by atoms with Crippen LogP contribution in [-0.2, 0) is 0 Å². The number of nitrogens with zero attached hydrogens (tertiary/aromatic N) is 1. The number of hydrogen-bond donors (Lipinski definition) is 1. The molecular formula is C12H17FN2. The van der Waals surface area contributed by atoms with Crippen LogP contribution in [0.2, 0.25) is 0 Å². The molecule has 2 rings (SSSR count). The molecule has 1 unspecified atom stereocenters. The third-order valence-corrected chi connectivity index (χ3v) is 3.26. The van der Waals surface area contributed by atoms with E-state index in [9.17, 15) is 4.39 Å². The maximum absolute atomic E-state index is 13.5. The SMILES string of the molecule is NC(c1ncccc1F)C1CCCCC1. The van der Waals surface area contributed by atoms with Gasteiger partial charge in [0.25, 0.3) is 0 Å². The second kappa shape index (κ2) is 4.71. The van der Waals surface area contributed by atoms with E-state index in [1.807, 2.05) is 0 Å². The first-order valence-corrected chi connectivity index (χ1v) is 5.65. The number of aromatic nitrogens is 1. The van der Waals surface area contributed by atoms with Gasteiger partial charge < -0.3 is 5.73 Å². The topological polar surface area (TPSA) is 38.9 Å². The van der Waals surface area contributed by atoms with Gasteiger partial charge in [0.2, 0.25) is 0 Å². The van der Waals surface area contributed by atoms with E-state index >= 15 is 0 Å². The zero-order valence-electron chi connectivity index (χ0n) is 8.82. The Balaban J connectivity index is 2.12. The quantitative estimate of drug-likeness (QED) is 0.811. The monoisotopic (exact) mass is 208 g/mol. The molecule has 0 aliphatic heterocycles. The Morgan fingerprint density at radius 1 is 1.33 bits per heavy atom. The molecule has 0 spiro atoms. The lowest BCUT2D eigenvalue weighted by Crippen LogP contribution is -2.25. The highest BCUT2D eigenvalue weighted by Crippen LogP contribution is 2.32. The molecule has 2 nitrogen and oxygen atoms in total. The molecule has 0 amide bonds. The molecule has 0 radical (unpaired) electrons. The minimum Gasteiger partial charge on any atom is -0.322 e. The van der Waals surface area contributed by atoms with Crippen molar-refractivity contribution in [1.82, 2.24) is 4.98 Å². The lowest BCUT2D eigenvalue weighted by Gasteiger charge is -2.27. The molecule has 1 heterocycles. The highest BCUT2D eigenvalue weighted by atomic mass is 19.1. The van der Waals surface area contributed by atoms with E-state index in [0.29, 0.717) is 11.6 Å². The minimum absolute atomic E-state index is 0.230. The summed E-state index contributed by atoms with van der Waals surface area (Å²) in [7, 11) is 0. The molecule has 82 valence electrons. The van der Waals surface area contributed by atoms with E-state index in [1.54, 1.807) is 12.3 Å². The van der Waals surface area contributed by atoms with Gasteiger partial charge in [-0.15, -0.1) is 0 Å². The van der Waals surface area contributed by atoms with E-state index < -0.39 is 0 Å². The minimum atomic E-state index is -0.268.